The second-order valence-electron chi connectivity index (χ2n) is 6.54. The van der Waals surface area contributed by atoms with Crippen LogP contribution in [0.25, 0.3) is 0 Å². The molecule has 6 nitrogen and oxygen atoms in total. The van der Waals surface area contributed by atoms with Crippen LogP contribution in [0.15, 0.2) is 24.3 Å². The minimum Gasteiger partial charge on any atom is -0.507 e. The van der Waals surface area contributed by atoms with Gasteiger partial charge in [0.25, 0.3) is 0 Å². The van der Waals surface area contributed by atoms with Crippen molar-refractivity contribution in [3.8, 4) is 11.5 Å². The Hall–Kier alpha value is -2.33. The van der Waals surface area contributed by atoms with Crippen LogP contribution >= 0.6 is 0 Å². The quantitative estimate of drug-likeness (QED) is 0.439. The van der Waals surface area contributed by atoms with Crippen LogP contribution in [0.1, 0.15) is 40.3 Å². The second-order valence-corrected chi connectivity index (χ2v) is 6.54. The van der Waals surface area contributed by atoms with Crippen molar-refractivity contribution in [3.63, 3.8) is 0 Å². The number of aliphatic hydroxyl groups excluding tert-OH is 4. The first-order valence-electron chi connectivity index (χ1n) is 8.25. The van der Waals surface area contributed by atoms with Gasteiger partial charge in [-0.05, 0) is 42.3 Å². The molecule has 0 amide bonds. The van der Waals surface area contributed by atoms with Gasteiger partial charge in [-0.2, -0.15) is 13.2 Å². The number of phenols is 2. The third-order valence-electron chi connectivity index (χ3n) is 4.94. The predicted molar refractivity (Wildman–Crippen MR) is 92.4 cm³/mol. The van der Waals surface area contributed by atoms with E-state index >= 15 is 0 Å². The summed E-state index contributed by atoms with van der Waals surface area (Å²) in [6, 6.07) is 3.91. The van der Waals surface area contributed by atoms with Crippen LogP contribution in [0, 0.1) is 0 Å². The molecule has 6 N–H and O–H groups in total. The van der Waals surface area contributed by atoms with Crippen LogP contribution in [0.2, 0.25) is 0 Å². The summed E-state index contributed by atoms with van der Waals surface area (Å²) in [5.74, 6) is -1.01. The SMILES string of the molecule is CC(c1cc(CO)c(O)c(CO)c1)(c1cc(CO)c(O)c(CO)c1)C(F)(F)F. The Morgan fingerprint density at radius 3 is 1.07 bits per heavy atom. The predicted octanol–water partition coefficient (Wildman–Crippen LogP) is 1.94. The summed E-state index contributed by atoms with van der Waals surface area (Å²) in [6.07, 6.45) is -4.88. The number of aromatic hydroxyl groups is 2. The van der Waals surface area contributed by atoms with Gasteiger partial charge in [-0.3, -0.25) is 0 Å². The van der Waals surface area contributed by atoms with E-state index in [1.807, 2.05) is 0 Å². The van der Waals surface area contributed by atoms with Gasteiger partial charge in [0.05, 0.1) is 26.4 Å². The van der Waals surface area contributed by atoms with E-state index in [-0.39, 0.29) is 33.4 Å². The van der Waals surface area contributed by atoms with Gasteiger partial charge < -0.3 is 30.6 Å². The Kier molecular flexibility index (Phi) is 6.24. The molecule has 0 radical (unpaired) electrons. The molecule has 0 atom stereocenters. The first-order valence-corrected chi connectivity index (χ1v) is 8.25. The number of hydrogen-bond donors (Lipinski definition) is 6. The molecule has 28 heavy (non-hydrogen) atoms. The average molecular weight is 402 g/mol. The molecule has 0 aromatic heterocycles. The molecule has 2 aromatic carbocycles. The van der Waals surface area contributed by atoms with Crippen LogP contribution in [-0.2, 0) is 31.8 Å². The third-order valence-corrected chi connectivity index (χ3v) is 4.94. The Bertz CT molecular complexity index is 752. The van der Waals surface area contributed by atoms with Gasteiger partial charge in [-0.15, -0.1) is 0 Å². The van der Waals surface area contributed by atoms with Crippen LogP contribution in [0.3, 0.4) is 0 Å². The maximum Gasteiger partial charge on any atom is 0.402 e. The zero-order valence-electron chi connectivity index (χ0n) is 15.0. The maximum atomic E-state index is 14.2. The summed E-state index contributed by atoms with van der Waals surface area (Å²) in [7, 11) is 0. The number of benzene rings is 2. The summed E-state index contributed by atoms with van der Waals surface area (Å²) in [5.41, 5.74) is -4.22. The van der Waals surface area contributed by atoms with Gasteiger partial charge in [-0.25, -0.2) is 0 Å². The lowest BCUT2D eigenvalue weighted by molar-refractivity contribution is -0.173. The molecule has 0 aliphatic heterocycles. The fourth-order valence-electron chi connectivity index (χ4n) is 3.07. The fourth-order valence-corrected chi connectivity index (χ4v) is 3.07. The molecule has 0 saturated carbocycles. The summed E-state index contributed by atoms with van der Waals surface area (Å²) < 4.78 is 42.7. The molecule has 154 valence electrons. The van der Waals surface area contributed by atoms with E-state index in [0.29, 0.717) is 0 Å². The van der Waals surface area contributed by atoms with E-state index in [2.05, 4.69) is 0 Å². The van der Waals surface area contributed by atoms with E-state index in [1.54, 1.807) is 0 Å². The lowest BCUT2D eigenvalue weighted by Crippen LogP contribution is -2.41. The summed E-state index contributed by atoms with van der Waals surface area (Å²) in [4.78, 5) is 0. The molecule has 0 aliphatic rings. The highest BCUT2D eigenvalue weighted by molar-refractivity contribution is 5.53. The Balaban J connectivity index is 2.88. The van der Waals surface area contributed by atoms with Crippen molar-refractivity contribution in [2.75, 3.05) is 0 Å². The summed E-state index contributed by atoms with van der Waals surface area (Å²) in [6.45, 7) is -2.14. The van der Waals surface area contributed by atoms with E-state index in [1.165, 1.54) is 0 Å². The van der Waals surface area contributed by atoms with Gasteiger partial charge in [0.2, 0.25) is 0 Å². The lowest BCUT2D eigenvalue weighted by atomic mass is 9.73. The minimum absolute atomic E-state index is 0.194. The number of halogens is 3. The number of alkyl halides is 3. The van der Waals surface area contributed by atoms with E-state index < -0.39 is 49.5 Å². The normalized spacial score (nSPS) is 12.4. The van der Waals surface area contributed by atoms with E-state index in [0.717, 1.165) is 31.2 Å². The van der Waals surface area contributed by atoms with Crippen molar-refractivity contribution < 1.29 is 43.8 Å². The van der Waals surface area contributed by atoms with E-state index in [9.17, 15) is 43.8 Å². The van der Waals surface area contributed by atoms with Gasteiger partial charge in [0.1, 0.15) is 16.9 Å². The first-order chi connectivity index (χ1) is 13.0. The largest absolute Gasteiger partial charge is 0.507 e. The third kappa shape index (κ3) is 3.53. The molecule has 0 fully saturated rings. The average Bonchev–Trinajstić information content (AvgIpc) is 2.66. The monoisotopic (exact) mass is 402 g/mol. The molecule has 2 aromatic rings. The molecular weight excluding hydrogens is 381 g/mol. The van der Waals surface area contributed by atoms with Crippen molar-refractivity contribution in [1.82, 2.24) is 0 Å². The van der Waals surface area contributed by atoms with Crippen LogP contribution in [0.5, 0.6) is 11.5 Å². The van der Waals surface area contributed by atoms with Gasteiger partial charge >= 0.3 is 6.18 Å². The van der Waals surface area contributed by atoms with Crippen molar-refractivity contribution in [2.24, 2.45) is 0 Å². The number of aliphatic hydroxyl groups is 4. The van der Waals surface area contributed by atoms with Crippen molar-refractivity contribution in [1.29, 1.82) is 0 Å². The molecule has 0 heterocycles. The standard InChI is InChI=1S/C19H21F3O6/c1-18(19(20,21)22,14-2-10(6-23)16(27)11(3-14)7-24)15-4-12(8-25)17(28)13(5-15)9-26/h2-5,23-28H,6-9H2,1H3. The Morgan fingerprint density at radius 1 is 0.643 bits per heavy atom. The van der Waals surface area contributed by atoms with Crippen LogP contribution in [0.4, 0.5) is 13.2 Å². The lowest BCUT2D eigenvalue weighted by Gasteiger charge is -2.35. The number of rotatable bonds is 6. The summed E-state index contributed by atoms with van der Waals surface area (Å²) in [5, 5.41) is 57.4. The highest BCUT2D eigenvalue weighted by atomic mass is 19.4. The molecule has 0 unspecified atom stereocenters. The molecule has 0 spiro atoms. The van der Waals surface area contributed by atoms with Crippen molar-refractivity contribution >= 4 is 0 Å². The van der Waals surface area contributed by atoms with Gasteiger partial charge in [-0.1, -0.05) is 0 Å². The van der Waals surface area contributed by atoms with E-state index in [4.69, 9.17) is 0 Å². The first kappa shape index (κ1) is 22.0. The number of hydrogen-bond acceptors (Lipinski definition) is 6. The molecule has 0 aliphatic carbocycles. The molecule has 0 bridgehead atoms. The van der Waals surface area contributed by atoms with Crippen molar-refractivity contribution in [3.05, 3.63) is 57.6 Å². The zero-order chi connectivity index (χ0) is 21.3. The Labute approximate surface area is 158 Å². The fraction of sp³-hybridized carbons (Fsp3) is 0.368. The van der Waals surface area contributed by atoms with Crippen molar-refractivity contribution in [2.45, 2.75) is 44.9 Å². The Morgan fingerprint density at radius 2 is 0.893 bits per heavy atom. The molecule has 0 saturated heterocycles. The van der Waals surface area contributed by atoms with Crippen LogP contribution < -0.4 is 0 Å². The van der Waals surface area contributed by atoms with Gasteiger partial charge in [0, 0.05) is 22.3 Å². The topological polar surface area (TPSA) is 121 Å². The highest BCUT2D eigenvalue weighted by Gasteiger charge is 2.54. The van der Waals surface area contributed by atoms with Gasteiger partial charge in [0.15, 0.2) is 0 Å². The summed E-state index contributed by atoms with van der Waals surface area (Å²) >= 11 is 0. The van der Waals surface area contributed by atoms with Crippen LogP contribution in [-0.4, -0.2) is 36.8 Å². The maximum absolute atomic E-state index is 14.2. The highest BCUT2D eigenvalue weighted by Crippen LogP contribution is 2.48. The molecule has 9 heteroatoms. The smallest absolute Gasteiger partial charge is 0.402 e. The minimum atomic E-state index is -4.88. The zero-order valence-corrected chi connectivity index (χ0v) is 15.0. The molecule has 2 rings (SSSR count). The molecular formula is C19H21F3O6. The second kappa shape index (κ2) is 7.96.